The molecule has 10 heteroatoms. The molecule has 0 aliphatic heterocycles. The normalized spacial score (nSPS) is 11.4. The van der Waals surface area contributed by atoms with Crippen molar-refractivity contribution in [2.45, 2.75) is 0 Å². The monoisotopic (exact) mass is 490 g/mol. The number of nitro benzene ring substituents is 2. The van der Waals surface area contributed by atoms with Crippen LogP contribution < -0.4 is 0 Å². The van der Waals surface area contributed by atoms with Gasteiger partial charge in [-0.25, -0.2) is 0 Å². The number of nitro groups is 2. The van der Waals surface area contributed by atoms with Gasteiger partial charge in [0, 0.05) is 12.1 Å². The first-order chi connectivity index (χ1) is 16.2. The molecular weight excluding hydrogens is 479 g/mol. The maximum absolute atomic E-state index is 11.3. The van der Waals surface area contributed by atoms with Crippen molar-refractivity contribution >= 4 is 56.8 Å². The number of nitrogens with zero attached hydrogens (tertiary/aromatic N) is 4. The Hall–Kier alpha value is -4.50. The smallest absolute Gasteiger partial charge is 0.258 e. The summed E-state index contributed by atoms with van der Waals surface area (Å²) in [7, 11) is 0. The van der Waals surface area contributed by atoms with Gasteiger partial charge in [0.15, 0.2) is 0 Å². The highest BCUT2D eigenvalue weighted by molar-refractivity contribution is 6.52. The van der Waals surface area contributed by atoms with Crippen molar-refractivity contribution in [3.05, 3.63) is 114 Å². The Morgan fingerprint density at radius 3 is 1.35 bits per heavy atom. The molecule has 3 aromatic carbocycles. The van der Waals surface area contributed by atoms with E-state index in [0.29, 0.717) is 11.1 Å². The van der Waals surface area contributed by atoms with Gasteiger partial charge in [0.25, 0.3) is 11.4 Å². The van der Waals surface area contributed by atoms with Gasteiger partial charge in [-0.05, 0) is 47.5 Å². The highest BCUT2D eigenvalue weighted by Crippen LogP contribution is 2.33. The molecule has 8 nitrogen and oxygen atoms in total. The fraction of sp³-hybridized carbons (Fsp3) is 0. The fourth-order valence-electron chi connectivity index (χ4n) is 3.05. The highest BCUT2D eigenvalue weighted by atomic mass is 35.5. The van der Waals surface area contributed by atoms with Crippen LogP contribution in [0.25, 0.3) is 22.2 Å². The Morgan fingerprint density at radius 2 is 1.06 bits per heavy atom. The second-order valence-electron chi connectivity index (χ2n) is 6.85. The zero-order valence-corrected chi connectivity index (χ0v) is 18.6. The molecular formula is C24H12Cl2N4O4. The minimum atomic E-state index is -0.607. The van der Waals surface area contributed by atoms with Crippen LogP contribution in [-0.2, 0) is 0 Å². The Labute approximate surface area is 203 Å². The van der Waals surface area contributed by atoms with E-state index in [4.69, 9.17) is 33.7 Å². The van der Waals surface area contributed by atoms with Gasteiger partial charge in [0.05, 0.1) is 54.3 Å². The Morgan fingerprint density at radius 1 is 0.706 bits per heavy atom. The molecule has 0 aromatic heterocycles. The SMILES string of the molecule is N#Cc1ccc(/C(Cl)=C/c2ccc(/C=C(\Cl)c3ccc(C#N)cc3[N+](=O)[O-])cc2)c([N+](=O)[O-])c1. The van der Waals surface area contributed by atoms with E-state index >= 15 is 0 Å². The van der Waals surface area contributed by atoms with Crippen molar-refractivity contribution in [1.82, 2.24) is 0 Å². The number of hydrogen-bond acceptors (Lipinski definition) is 6. The van der Waals surface area contributed by atoms with Gasteiger partial charge >= 0.3 is 0 Å². The number of halogens is 2. The number of nitriles is 2. The molecule has 0 bridgehead atoms. The van der Waals surface area contributed by atoms with Crippen molar-refractivity contribution in [2.75, 3.05) is 0 Å². The lowest BCUT2D eigenvalue weighted by Gasteiger charge is -2.04. The van der Waals surface area contributed by atoms with Crippen molar-refractivity contribution in [2.24, 2.45) is 0 Å². The highest BCUT2D eigenvalue weighted by Gasteiger charge is 2.18. The van der Waals surface area contributed by atoms with Gasteiger partial charge in [-0.15, -0.1) is 0 Å². The van der Waals surface area contributed by atoms with Crippen LogP contribution in [0.4, 0.5) is 11.4 Å². The van der Waals surface area contributed by atoms with Gasteiger partial charge in [-0.1, -0.05) is 47.5 Å². The molecule has 3 aromatic rings. The van der Waals surface area contributed by atoms with Crippen molar-refractivity contribution in [3.63, 3.8) is 0 Å². The lowest BCUT2D eigenvalue weighted by Crippen LogP contribution is -1.94. The van der Waals surface area contributed by atoms with Gasteiger partial charge in [-0.3, -0.25) is 20.2 Å². The molecule has 0 saturated carbocycles. The average molecular weight is 491 g/mol. The van der Waals surface area contributed by atoms with Gasteiger partial charge in [-0.2, -0.15) is 10.5 Å². The van der Waals surface area contributed by atoms with Gasteiger partial charge < -0.3 is 0 Å². The zero-order valence-electron chi connectivity index (χ0n) is 17.1. The molecule has 0 fully saturated rings. The second-order valence-corrected chi connectivity index (χ2v) is 7.67. The average Bonchev–Trinajstić information content (AvgIpc) is 2.84. The first kappa shape index (κ1) is 24.1. The van der Waals surface area contributed by atoms with Crippen LogP contribution in [0.3, 0.4) is 0 Å². The lowest BCUT2D eigenvalue weighted by atomic mass is 10.1. The van der Waals surface area contributed by atoms with Crippen LogP contribution in [0.15, 0.2) is 60.7 Å². The van der Waals surface area contributed by atoms with E-state index in [0.717, 1.165) is 12.1 Å². The van der Waals surface area contributed by atoms with E-state index in [9.17, 15) is 20.2 Å². The predicted octanol–water partition coefficient (Wildman–Crippen LogP) is 6.72. The van der Waals surface area contributed by atoms with E-state index in [1.54, 1.807) is 24.3 Å². The van der Waals surface area contributed by atoms with E-state index in [1.165, 1.54) is 36.4 Å². The van der Waals surface area contributed by atoms with Crippen LogP contribution in [0.5, 0.6) is 0 Å². The number of benzene rings is 3. The molecule has 0 unspecified atom stereocenters. The van der Waals surface area contributed by atoms with Gasteiger partial charge in [0.1, 0.15) is 0 Å². The third-order valence-electron chi connectivity index (χ3n) is 4.68. The summed E-state index contributed by atoms with van der Waals surface area (Å²) in [6, 6.07) is 18.5. The summed E-state index contributed by atoms with van der Waals surface area (Å²) in [4.78, 5) is 21.5. The molecule has 0 amide bonds. The summed E-state index contributed by atoms with van der Waals surface area (Å²) in [5, 5.41) is 40.8. The molecule has 0 aliphatic carbocycles. The summed E-state index contributed by atoms with van der Waals surface area (Å²) in [6.45, 7) is 0. The minimum Gasteiger partial charge on any atom is -0.258 e. The Kier molecular flexibility index (Phi) is 7.39. The van der Waals surface area contributed by atoms with E-state index in [-0.39, 0.29) is 43.7 Å². The molecule has 3 rings (SSSR count). The molecule has 0 atom stereocenters. The summed E-state index contributed by atoms with van der Waals surface area (Å²) in [5.41, 5.74) is 1.36. The molecule has 166 valence electrons. The molecule has 34 heavy (non-hydrogen) atoms. The standard InChI is InChI=1S/C24H12Cl2N4O4/c25-21(19-7-5-17(13-27)11-23(19)29(31)32)9-15-1-2-16(4-3-15)10-22(26)20-8-6-18(14-28)12-24(20)30(33)34/h1-12H/b21-9-,22-10-. The van der Waals surface area contributed by atoms with Crippen molar-refractivity contribution < 1.29 is 9.85 Å². The summed E-state index contributed by atoms with van der Waals surface area (Å²) in [5.74, 6) is 0. The maximum atomic E-state index is 11.3. The van der Waals surface area contributed by atoms with Crippen LogP contribution >= 0.6 is 23.2 Å². The third-order valence-corrected chi connectivity index (χ3v) is 5.31. The molecule has 0 radical (unpaired) electrons. The lowest BCUT2D eigenvalue weighted by molar-refractivity contribution is -0.385. The van der Waals surface area contributed by atoms with E-state index < -0.39 is 9.85 Å². The van der Waals surface area contributed by atoms with E-state index in [1.807, 2.05) is 12.1 Å². The van der Waals surface area contributed by atoms with Crippen molar-refractivity contribution in [3.8, 4) is 12.1 Å². The topological polar surface area (TPSA) is 134 Å². The Balaban J connectivity index is 1.91. The first-order valence-electron chi connectivity index (χ1n) is 9.45. The number of rotatable bonds is 6. The largest absolute Gasteiger partial charge is 0.279 e. The second kappa shape index (κ2) is 10.4. The third kappa shape index (κ3) is 5.45. The minimum absolute atomic E-state index is 0.116. The van der Waals surface area contributed by atoms with E-state index in [2.05, 4.69) is 0 Å². The number of hydrogen-bond donors (Lipinski definition) is 0. The van der Waals surface area contributed by atoms with Crippen molar-refractivity contribution in [1.29, 1.82) is 10.5 Å². The predicted molar refractivity (Wildman–Crippen MR) is 130 cm³/mol. The molecule has 0 spiro atoms. The molecule has 0 saturated heterocycles. The van der Waals surface area contributed by atoms with Crippen LogP contribution in [-0.4, -0.2) is 9.85 Å². The molecule has 0 aliphatic rings. The van der Waals surface area contributed by atoms with Gasteiger partial charge in [0.2, 0.25) is 0 Å². The van der Waals surface area contributed by atoms with Crippen LogP contribution in [0.1, 0.15) is 33.4 Å². The van der Waals surface area contributed by atoms with Crippen LogP contribution in [0.2, 0.25) is 0 Å². The maximum Gasteiger partial charge on any atom is 0.279 e. The first-order valence-corrected chi connectivity index (χ1v) is 10.2. The summed E-state index contributed by atoms with van der Waals surface area (Å²) >= 11 is 12.6. The fourth-order valence-corrected chi connectivity index (χ4v) is 3.62. The summed E-state index contributed by atoms with van der Waals surface area (Å²) < 4.78 is 0. The molecule has 0 heterocycles. The Bertz CT molecular complexity index is 1340. The molecule has 0 N–H and O–H groups in total. The zero-order chi connectivity index (χ0) is 24.8. The van der Waals surface area contributed by atoms with Crippen LogP contribution in [0, 0.1) is 42.9 Å². The quantitative estimate of drug-likeness (QED) is 0.213. The summed E-state index contributed by atoms with van der Waals surface area (Å²) in [6.07, 6.45) is 3.08.